The highest BCUT2D eigenvalue weighted by Gasteiger charge is 2.32. The molecule has 2 bridgehead atoms. The molecule has 0 fully saturated rings. The fourth-order valence-electron chi connectivity index (χ4n) is 4.61. The average Bonchev–Trinajstić information content (AvgIpc) is 2.88. The Bertz CT molecular complexity index is 1130. The molecule has 0 aromatic carbocycles. The third-order valence-corrected chi connectivity index (χ3v) is 6.84. The minimum Gasteiger partial charge on any atom is -0.439 e. The Kier molecular flexibility index (Phi) is 11.4. The van der Waals surface area contributed by atoms with Crippen molar-refractivity contribution >= 4 is 23.6 Å². The summed E-state index contributed by atoms with van der Waals surface area (Å²) in [6, 6.07) is 0. The molecule has 6 atom stereocenters. The Morgan fingerprint density at radius 2 is 1.79 bits per heavy atom. The maximum absolute atomic E-state index is 13.2. The summed E-state index contributed by atoms with van der Waals surface area (Å²) >= 11 is 0. The molecule has 0 aromatic heterocycles. The van der Waals surface area contributed by atoms with Gasteiger partial charge in [0.15, 0.2) is 6.10 Å². The normalized spacial score (nSPS) is 32.5. The summed E-state index contributed by atoms with van der Waals surface area (Å²) in [7, 11) is 2.90. The largest absolute Gasteiger partial charge is 0.439 e. The number of ketones is 2. The molecule has 0 saturated heterocycles. The van der Waals surface area contributed by atoms with Crippen LogP contribution in [0, 0.1) is 11.8 Å². The number of nitrogens with one attached hydrogen (secondary N) is 1. The summed E-state index contributed by atoms with van der Waals surface area (Å²) in [4.78, 5) is 50.1. The highest BCUT2D eigenvalue weighted by Crippen LogP contribution is 2.28. The quantitative estimate of drug-likeness (QED) is 0.303. The van der Waals surface area contributed by atoms with Crippen molar-refractivity contribution < 1.29 is 38.5 Å². The number of nitrogens with two attached hydrogens (primary N) is 2. The molecule has 11 nitrogen and oxygen atoms in total. The fourth-order valence-corrected chi connectivity index (χ4v) is 4.61. The zero-order chi connectivity index (χ0) is 29.4. The Morgan fingerprint density at radius 3 is 2.38 bits per heavy atom. The van der Waals surface area contributed by atoms with Crippen molar-refractivity contribution in [3.63, 3.8) is 0 Å². The average molecular weight is 546 g/mol. The van der Waals surface area contributed by atoms with Gasteiger partial charge in [0.05, 0.1) is 23.6 Å². The first-order valence-electron chi connectivity index (χ1n) is 12.6. The van der Waals surface area contributed by atoms with Gasteiger partial charge in [-0.3, -0.25) is 14.4 Å². The second-order valence-corrected chi connectivity index (χ2v) is 9.97. The van der Waals surface area contributed by atoms with Crippen molar-refractivity contribution in [1.82, 2.24) is 5.32 Å². The van der Waals surface area contributed by atoms with E-state index < -0.39 is 53.9 Å². The molecule has 0 saturated carbocycles. The molecular weight excluding hydrogens is 506 g/mol. The fraction of sp³-hybridized carbons (Fsp3) is 0.500. The third-order valence-electron chi connectivity index (χ3n) is 6.84. The lowest BCUT2D eigenvalue weighted by Crippen LogP contribution is -2.37. The molecule has 1 aliphatic carbocycles. The second kappa shape index (κ2) is 14.0. The van der Waals surface area contributed by atoms with Gasteiger partial charge in [0, 0.05) is 37.4 Å². The van der Waals surface area contributed by atoms with Crippen molar-refractivity contribution in [2.75, 3.05) is 14.2 Å². The number of fused-ring (bicyclic) bond motifs is 2. The first kappa shape index (κ1) is 31.7. The first-order chi connectivity index (χ1) is 18.3. The topological polar surface area (TPSA) is 180 Å². The number of carbonyl (C=O) groups is 4. The number of hydrogen-bond acceptors (Lipinski definition) is 9. The first-order valence-corrected chi connectivity index (χ1v) is 12.6. The van der Waals surface area contributed by atoms with Crippen LogP contribution in [0.3, 0.4) is 0 Å². The molecule has 1 heterocycles. The number of aliphatic hydroxyl groups excluding tert-OH is 1. The van der Waals surface area contributed by atoms with Crippen LogP contribution in [0.15, 0.2) is 58.5 Å². The van der Waals surface area contributed by atoms with E-state index in [1.807, 2.05) is 6.92 Å². The van der Waals surface area contributed by atoms with Crippen LogP contribution in [-0.2, 0) is 28.6 Å². The Labute approximate surface area is 228 Å². The summed E-state index contributed by atoms with van der Waals surface area (Å²) < 4.78 is 16.4. The Morgan fingerprint density at radius 1 is 1.13 bits per heavy atom. The van der Waals surface area contributed by atoms with Crippen LogP contribution >= 0.6 is 0 Å². The van der Waals surface area contributed by atoms with Gasteiger partial charge in [-0.25, -0.2) is 4.79 Å². The summed E-state index contributed by atoms with van der Waals surface area (Å²) in [6.45, 7) is 6.89. The van der Waals surface area contributed by atoms with Crippen molar-refractivity contribution in [2.45, 2.75) is 65.0 Å². The lowest BCUT2D eigenvalue weighted by atomic mass is 9.85. The monoisotopic (exact) mass is 545 g/mol. The smallest absolute Gasteiger partial charge is 0.405 e. The van der Waals surface area contributed by atoms with Gasteiger partial charge in [0.25, 0.3) is 5.91 Å². The molecule has 39 heavy (non-hydrogen) atoms. The van der Waals surface area contributed by atoms with E-state index >= 15 is 0 Å². The van der Waals surface area contributed by atoms with Crippen molar-refractivity contribution in [1.29, 1.82) is 0 Å². The number of amides is 2. The highest BCUT2D eigenvalue weighted by molar-refractivity contribution is 6.23. The minimum atomic E-state index is -1.00. The van der Waals surface area contributed by atoms with Gasteiger partial charge in [0.1, 0.15) is 6.10 Å². The van der Waals surface area contributed by atoms with Crippen LogP contribution in [0.2, 0.25) is 0 Å². The van der Waals surface area contributed by atoms with Crippen LogP contribution in [-0.4, -0.2) is 67.3 Å². The van der Waals surface area contributed by atoms with E-state index in [0.717, 1.165) is 6.08 Å². The maximum Gasteiger partial charge on any atom is 0.405 e. The zero-order valence-electron chi connectivity index (χ0n) is 23.2. The van der Waals surface area contributed by atoms with Crippen LogP contribution < -0.4 is 16.8 Å². The van der Waals surface area contributed by atoms with E-state index in [2.05, 4.69) is 5.32 Å². The van der Waals surface area contributed by atoms with E-state index in [0.29, 0.717) is 12.0 Å². The van der Waals surface area contributed by atoms with Crippen LogP contribution in [0.1, 0.15) is 40.5 Å². The molecule has 6 N–H and O–H groups in total. The van der Waals surface area contributed by atoms with Gasteiger partial charge in [-0.15, -0.1) is 0 Å². The standard InChI is InChI=1S/C28H39N3O8/c1-14-10-18-23(29)20(32)13-19(25(18)34)31-27(35)15(2)8-7-9-21(37-5)26(39-28(30)36)17(4)12-16(3)24(33)22(11-14)38-6/h7-9,12-14,16,21-22,24,26,33H,10-11,29H2,1-6H3,(H2,30,36)(H,31,35)/b9-7?,15-8-,17-12+/t14-,16+,21+,22+,24-,26+/m1/s1. The molecule has 0 spiro atoms. The molecular formula is C28H39N3O8. The predicted octanol–water partition coefficient (Wildman–Crippen LogP) is 1.72. The van der Waals surface area contributed by atoms with Gasteiger partial charge in [-0.05, 0) is 38.2 Å². The summed E-state index contributed by atoms with van der Waals surface area (Å²) in [5.41, 5.74) is 11.9. The number of allylic oxidation sites excluding steroid dienone is 4. The van der Waals surface area contributed by atoms with Crippen molar-refractivity contribution in [3.8, 4) is 0 Å². The molecule has 0 radical (unpaired) electrons. The summed E-state index contributed by atoms with van der Waals surface area (Å²) in [6.07, 6.45) is 3.55. The van der Waals surface area contributed by atoms with Crippen LogP contribution in [0.4, 0.5) is 4.79 Å². The number of aliphatic hydroxyl groups is 1. The second-order valence-electron chi connectivity index (χ2n) is 9.97. The van der Waals surface area contributed by atoms with E-state index in [-0.39, 0.29) is 34.9 Å². The number of carbonyl (C=O) groups excluding carboxylic acids is 4. The van der Waals surface area contributed by atoms with Crippen molar-refractivity contribution in [3.05, 3.63) is 58.5 Å². The van der Waals surface area contributed by atoms with E-state index in [1.165, 1.54) is 33.3 Å². The number of rotatable bonds is 3. The molecule has 2 amide bonds. The molecule has 2 rings (SSSR count). The molecule has 214 valence electrons. The van der Waals surface area contributed by atoms with Gasteiger partial charge in [0.2, 0.25) is 11.6 Å². The summed E-state index contributed by atoms with van der Waals surface area (Å²) in [5, 5.41) is 13.6. The third kappa shape index (κ3) is 8.22. The lowest BCUT2D eigenvalue weighted by Gasteiger charge is -2.29. The van der Waals surface area contributed by atoms with Gasteiger partial charge >= 0.3 is 6.09 Å². The minimum absolute atomic E-state index is 0.104. The SMILES string of the molecule is CO[C@H]1C=C/C=C(/C)C(=O)NC2=CC(=O)C(N)=C(C[C@@H](C)C[C@H](OC)[C@H](O)[C@@H](C)/C=C(\C)[C@@H]1OC(N)=O)C2=O. The van der Waals surface area contributed by atoms with Gasteiger partial charge in [-0.2, -0.15) is 0 Å². The van der Waals surface area contributed by atoms with Gasteiger partial charge in [-0.1, -0.05) is 38.2 Å². The predicted molar refractivity (Wildman–Crippen MR) is 144 cm³/mol. The number of methoxy groups -OCH3 is 2. The zero-order valence-corrected chi connectivity index (χ0v) is 23.2. The van der Waals surface area contributed by atoms with E-state index in [4.69, 9.17) is 25.7 Å². The Hall–Kier alpha value is -3.54. The van der Waals surface area contributed by atoms with E-state index in [9.17, 15) is 24.3 Å². The Balaban J connectivity index is 2.58. The molecule has 11 heteroatoms. The van der Waals surface area contributed by atoms with Crippen LogP contribution in [0.25, 0.3) is 0 Å². The van der Waals surface area contributed by atoms with Gasteiger partial charge < -0.3 is 36.1 Å². The van der Waals surface area contributed by atoms with Crippen LogP contribution in [0.5, 0.6) is 0 Å². The maximum atomic E-state index is 13.2. The number of hydrogen-bond donors (Lipinski definition) is 4. The summed E-state index contributed by atoms with van der Waals surface area (Å²) in [5.74, 6) is -2.37. The molecule has 1 aliphatic heterocycles. The molecule has 0 aromatic rings. The number of Topliss-reactive ketones (excluding diaryl/α,β-unsaturated/α-hetero) is 1. The van der Waals surface area contributed by atoms with Crippen molar-refractivity contribution in [2.24, 2.45) is 23.3 Å². The molecule has 0 unspecified atom stereocenters. The highest BCUT2D eigenvalue weighted by atomic mass is 16.6. The number of primary amides is 1. The lowest BCUT2D eigenvalue weighted by molar-refractivity contribution is -0.120. The molecule has 2 aliphatic rings. The van der Waals surface area contributed by atoms with E-state index in [1.54, 1.807) is 26.0 Å². The number of ether oxygens (including phenoxy) is 3.